The van der Waals surface area contributed by atoms with Crippen LogP contribution in [0.1, 0.15) is 44.6 Å². The molecule has 2 atom stereocenters. The predicted octanol–water partition coefficient (Wildman–Crippen LogP) is 4.54. The SMILES string of the molecule is CO/C=C1/CCCC[C@H]1C[C@@H](Cc1ccccc1)C(C)=O. The van der Waals surface area contributed by atoms with Gasteiger partial charge in [-0.05, 0) is 56.1 Å². The van der Waals surface area contributed by atoms with Crippen molar-refractivity contribution in [3.8, 4) is 0 Å². The van der Waals surface area contributed by atoms with E-state index in [0.29, 0.717) is 11.7 Å². The zero-order valence-corrected chi connectivity index (χ0v) is 13.2. The van der Waals surface area contributed by atoms with E-state index in [-0.39, 0.29) is 5.92 Å². The first-order chi connectivity index (χ1) is 10.2. The molecule has 0 amide bonds. The third-order valence-corrected chi connectivity index (χ3v) is 4.53. The molecule has 21 heavy (non-hydrogen) atoms. The van der Waals surface area contributed by atoms with Crippen LogP contribution in [0.5, 0.6) is 0 Å². The van der Waals surface area contributed by atoms with Crippen molar-refractivity contribution in [2.24, 2.45) is 11.8 Å². The highest BCUT2D eigenvalue weighted by atomic mass is 16.5. The van der Waals surface area contributed by atoms with Crippen molar-refractivity contribution < 1.29 is 9.53 Å². The van der Waals surface area contributed by atoms with E-state index in [1.807, 2.05) is 24.5 Å². The maximum absolute atomic E-state index is 12.0. The van der Waals surface area contributed by atoms with Crippen LogP contribution in [0.4, 0.5) is 0 Å². The minimum absolute atomic E-state index is 0.121. The molecule has 1 aliphatic rings. The van der Waals surface area contributed by atoms with Gasteiger partial charge in [0.2, 0.25) is 0 Å². The summed E-state index contributed by atoms with van der Waals surface area (Å²) in [6.45, 7) is 1.73. The first-order valence-corrected chi connectivity index (χ1v) is 7.96. The second-order valence-electron chi connectivity index (χ2n) is 6.10. The number of hydrogen-bond acceptors (Lipinski definition) is 2. The average Bonchev–Trinajstić information content (AvgIpc) is 2.49. The molecule has 2 rings (SSSR count). The number of ether oxygens (including phenoxy) is 1. The summed E-state index contributed by atoms with van der Waals surface area (Å²) in [6.07, 6.45) is 8.54. The lowest BCUT2D eigenvalue weighted by Gasteiger charge is -2.28. The van der Waals surface area contributed by atoms with E-state index in [0.717, 1.165) is 19.3 Å². The van der Waals surface area contributed by atoms with E-state index >= 15 is 0 Å². The van der Waals surface area contributed by atoms with Crippen molar-refractivity contribution >= 4 is 5.78 Å². The van der Waals surface area contributed by atoms with Crippen LogP contribution in [0.2, 0.25) is 0 Å². The molecule has 0 saturated heterocycles. The quantitative estimate of drug-likeness (QED) is 0.717. The van der Waals surface area contributed by atoms with E-state index in [2.05, 4.69) is 12.1 Å². The van der Waals surface area contributed by atoms with Gasteiger partial charge >= 0.3 is 0 Å². The number of Topliss-reactive ketones (excluding diaryl/α,β-unsaturated/α-hetero) is 1. The van der Waals surface area contributed by atoms with E-state index in [9.17, 15) is 4.79 Å². The summed E-state index contributed by atoms with van der Waals surface area (Å²) in [4.78, 5) is 12.0. The number of carbonyl (C=O) groups is 1. The van der Waals surface area contributed by atoms with Crippen LogP contribution in [0, 0.1) is 11.8 Å². The summed E-state index contributed by atoms with van der Waals surface area (Å²) in [6, 6.07) is 10.3. The first-order valence-electron chi connectivity index (χ1n) is 7.96. The third kappa shape index (κ3) is 4.73. The molecule has 114 valence electrons. The molecular weight excluding hydrogens is 260 g/mol. The second-order valence-corrected chi connectivity index (χ2v) is 6.10. The van der Waals surface area contributed by atoms with Gasteiger partial charge in [0.1, 0.15) is 5.78 Å². The van der Waals surface area contributed by atoms with E-state index in [1.165, 1.54) is 30.4 Å². The van der Waals surface area contributed by atoms with Gasteiger partial charge in [-0.1, -0.05) is 36.8 Å². The summed E-state index contributed by atoms with van der Waals surface area (Å²) < 4.78 is 5.22. The molecule has 1 aliphatic carbocycles. The van der Waals surface area contributed by atoms with Crippen LogP contribution in [0.3, 0.4) is 0 Å². The monoisotopic (exact) mass is 286 g/mol. The Morgan fingerprint density at radius 2 is 2.10 bits per heavy atom. The van der Waals surface area contributed by atoms with Gasteiger partial charge < -0.3 is 4.74 Å². The predicted molar refractivity (Wildman–Crippen MR) is 86.0 cm³/mol. The normalized spacial score (nSPS) is 22.0. The largest absolute Gasteiger partial charge is 0.504 e. The van der Waals surface area contributed by atoms with Crippen LogP contribution in [-0.4, -0.2) is 12.9 Å². The summed E-state index contributed by atoms with van der Waals surface area (Å²) >= 11 is 0. The highest BCUT2D eigenvalue weighted by Gasteiger charge is 2.25. The van der Waals surface area contributed by atoms with Crippen LogP contribution < -0.4 is 0 Å². The Balaban J connectivity index is 2.05. The molecule has 1 saturated carbocycles. The summed E-state index contributed by atoms with van der Waals surface area (Å²) in [5.41, 5.74) is 2.65. The lowest BCUT2D eigenvalue weighted by Crippen LogP contribution is -2.21. The average molecular weight is 286 g/mol. The molecule has 0 radical (unpaired) electrons. The molecule has 1 aromatic rings. The fourth-order valence-electron chi connectivity index (χ4n) is 3.32. The molecular formula is C19H26O2. The molecule has 0 heterocycles. The molecule has 1 fully saturated rings. The van der Waals surface area contributed by atoms with Gasteiger partial charge in [0, 0.05) is 5.92 Å². The number of benzene rings is 1. The minimum Gasteiger partial charge on any atom is -0.504 e. The van der Waals surface area contributed by atoms with Crippen LogP contribution in [0.25, 0.3) is 0 Å². The van der Waals surface area contributed by atoms with Gasteiger partial charge in [0.15, 0.2) is 0 Å². The summed E-state index contributed by atoms with van der Waals surface area (Å²) in [5.74, 6) is 0.938. The molecule has 0 N–H and O–H groups in total. The minimum atomic E-state index is 0.121. The second kappa shape index (κ2) is 8.02. The van der Waals surface area contributed by atoms with Crippen LogP contribution in [0.15, 0.2) is 42.2 Å². The van der Waals surface area contributed by atoms with Gasteiger partial charge in [-0.25, -0.2) is 0 Å². The first kappa shape index (κ1) is 15.8. The topological polar surface area (TPSA) is 26.3 Å². The van der Waals surface area contributed by atoms with Crippen LogP contribution >= 0.6 is 0 Å². The fraction of sp³-hybridized carbons (Fsp3) is 0.526. The Hall–Kier alpha value is -1.57. The third-order valence-electron chi connectivity index (χ3n) is 4.53. The maximum Gasteiger partial charge on any atom is 0.133 e. The summed E-state index contributed by atoms with van der Waals surface area (Å²) in [7, 11) is 1.71. The van der Waals surface area contributed by atoms with Crippen LogP contribution in [-0.2, 0) is 16.0 Å². The summed E-state index contributed by atoms with van der Waals surface area (Å²) in [5, 5.41) is 0. The molecule has 0 bridgehead atoms. The van der Waals surface area contributed by atoms with Gasteiger partial charge in [-0.2, -0.15) is 0 Å². The Morgan fingerprint density at radius 1 is 1.33 bits per heavy atom. The van der Waals surface area contributed by atoms with Crippen molar-refractivity contribution in [3.05, 3.63) is 47.7 Å². The molecule has 0 unspecified atom stereocenters. The Bertz CT molecular complexity index is 476. The smallest absolute Gasteiger partial charge is 0.133 e. The Kier molecular flexibility index (Phi) is 6.04. The van der Waals surface area contributed by atoms with Crippen molar-refractivity contribution in [2.75, 3.05) is 7.11 Å². The molecule has 0 spiro atoms. The molecule has 2 nitrogen and oxygen atoms in total. The van der Waals surface area contributed by atoms with E-state index in [4.69, 9.17) is 4.74 Å². The molecule has 1 aromatic carbocycles. The standard InChI is InChI=1S/C19H26O2/c1-15(20)19(12-16-8-4-3-5-9-16)13-17-10-6-7-11-18(17)14-21-2/h3-5,8-9,14,17,19H,6-7,10-13H2,1-2H3/b18-14-/t17-,19+/m0/s1. The highest BCUT2D eigenvalue weighted by Crippen LogP contribution is 2.35. The van der Waals surface area contributed by atoms with Crippen molar-refractivity contribution in [3.63, 3.8) is 0 Å². The number of allylic oxidation sites excluding steroid dienone is 1. The number of rotatable bonds is 6. The van der Waals surface area contributed by atoms with Gasteiger partial charge in [0.25, 0.3) is 0 Å². The van der Waals surface area contributed by atoms with Crippen molar-refractivity contribution in [1.82, 2.24) is 0 Å². The molecule has 0 aromatic heterocycles. The number of methoxy groups -OCH3 is 1. The van der Waals surface area contributed by atoms with Crippen molar-refractivity contribution in [1.29, 1.82) is 0 Å². The number of hydrogen-bond donors (Lipinski definition) is 0. The van der Waals surface area contributed by atoms with Gasteiger partial charge in [-0.3, -0.25) is 4.79 Å². The van der Waals surface area contributed by atoms with Gasteiger partial charge in [0.05, 0.1) is 13.4 Å². The Morgan fingerprint density at radius 3 is 2.76 bits per heavy atom. The van der Waals surface area contributed by atoms with Gasteiger partial charge in [-0.15, -0.1) is 0 Å². The number of ketones is 1. The maximum atomic E-state index is 12.0. The molecule has 2 heteroatoms. The zero-order chi connectivity index (χ0) is 15.1. The lowest BCUT2D eigenvalue weighted by molar-refractivity contribution is -0.121. The van der Waals surface area contributed by atoms with Crippen molar-refractivity contribution in [2.45, 2.75) is 45.4 Å². The van der Waals surface area contributed by atoms with E-state index in [1.54, 1.807) is 14.0 Å². The highest BCUT2D eigenvalue weighted by molar-refractivity contribution is 5.78. The fourth-order valence-corrected chi connectivity index (χ4v) is 3.32. The van der Waals surface area contributed by atoms with E-state index < -0.39 is 0 Å². The Labute approximate surface area is 128 Å². The number of carbonyl (C=O) groups excluding carboxylic acids is 1. The molecule has 0 aliphatic heterocycles. The lowest BCUT2D eigenvalue weighted by atomic mass is 9.77. The zero-order valence-electron chi connectivity index (χ0n) is 13.2.